The van der Waals surface area contributed by atoms with Crippen LogP contribution in [0.1, 0.15) is 25.0 Å². The van der Waals surface area contributed by atoms with Crippen LogP contribution in [0.2, 0.25) is 0 Å². The molecule has 2 aromatic rings. The van der Waals surface area contributed by atoms with E-state index >= 15 is 0 Å². The summed E-state index contributed by atoms with van der Waals surface area (Å²) in [6.45, 7) is 4.30. The summed E-state index contributed by atoms with van der Waals surface area (Å²) in [7, 11) is 2.10. The normalized spacial score (nSPS) is 13.6. The molecule has 0 atom stereocenters. The minimum absolute atomic E-state index is 0. The number of nitrogens with one attached hydrogen (secondary N) is 2. The predicted molar refractivity (Wildman–Crippen MR) is 136 cm³/mol. The Morgan fingerprint density at radius 2 is 1.84 bits per heavy atom. The van der Waals surface area contributed by atoms with Gasteiger partial charge in [-0.15, -0.1) is 24.0 Å². The molecule has 0 aliphatic carbocycles. The highest BCUT2D eigenvalue weighted by atomic mass is 127. The number of para-hydroxylation sites is 1. The summed E-state index contributed by atoms with van der Waals surface area (Å²) in [5.41, 5.74) is 1.21. The zero-order chi connectivity index (χ0) is 21.0. The molecule has 1 saturated heterocycles. The quantitative estimate of drug-likeness (QED) is 0.210. The zero-order valence-corrected chi connectivity index (χ0v) is 20.6. The number of nitrogens with zero attached hydrogens (tertiary/aromatic N) is 3. The fraction of sp³-hybridized carbons (Fsp3) is 0.478. The number of furan rings is 1. The Balaban J connectivity index is 0.00000341. The van der Waals surface area contributed by atoms with Crippen LogP contribution in [0, 0.1) is 0 Å². The van der Waals surface area contributed by atoms with Gasteiger partial charge in [0.05, 0.1) is 6.26 Å². The summed E-state index contributed by atoms with van der Waals surface area (Å²) in [4.78, 5) is 21.0. The van der Waals surface area contributed by atoms with Gasteiger partial charge in [0, 0.05) is 51.9 Å². The van der Waals surface area contributed by atoms with E-state index in [4.69, 9.17) is 4.42 Å². The Bertz CT molecular complexity index is 777. The van der Waals surface area contributed by atoms with Crippen LogP contribution in [0.5, 0.6) is 0 Å². The molecule has 0 spiro atoms. The number of amides is 1. The number of hydrogen-bond donors (Lipinski definition) is 2. The monoisotopic (exact) mass is 539 g/mol. The fourth-order valence-electron chi connectivity index (χ4n) is 3.48. The second kappa shape index (κ2) is 14.0. The summed E-state index contributed by atoms with van der Waals surface area (Å²) < 4.78 is 5.38. The molecular formula is C23H34IN5O2. The van der Waals surface area contributed by atoms with E-state index in [1.807, 2.05) is 23.1 Å². The third kappa shape index (κ3) is 8.80. The van der Waals surface area contributed by atoms with E-state index in [9.17, 15) is 4.79 Å². The number of aliphatic imine (C=N–C) groups is 1. The molecule has 0 saturated carbocycles. The third-order valence-electron chi connectivity index (χ3n) is 5.23. The average Bonchev–Trinajstić information content (AvgIpc) is 3.49. The lowest BCUT2D eigenvalue weighted by atomic mass is 10.3. The van der Waals surface area contributed by atoms with Gasteiger partial charge in [0.15, 0.2) is 5.96 Å². The zero-order valence-electron chi connectivity index (χ0n) is 18.3. The van der Waals surface area contributed by atoms with Gasteiger partial charge in [-0.3, -0.25) is 4.79 Å². The van der Waals surface area contributed by atoms with Gasteiger partial charge in [-0.05, 0) is 43.5 Å². The van der Waals surface area contributed by atoms with Crippen molar-refractivity contribution in [2.24, 2.45) is 4.99 Å². The number of carbonyl (C=O) groups excluding carboxylic acids is 1. The number of carbonyl (C=O) groups is 1. The van der Waals surface area contributed by atoms with Crippen LogP contribution in [0.3, 0.4) is 0 Å². The lowest BCUT2D eigenvalue weighted by molar-refractivity contribution is -0.128. The van der Waals surface area contributed by atoms with Gasteiger partial charge >= 0.3 is 0 Å². The number of halogens is 1. The van der Waals surface area contributed by atoms with Crippen molar-refractivity contribution in [2.45, 2.75) is 25.7 Å². The first kappa shape index (κ1) is 25.0. The molecule has 2 heterocycles. The SMILES string of the molecule is CN(CCCNC(=NCC(=O)N1CCCC1)NCCc1ccco1)c1ccccc1.I. The van der Waals surface area contributed by atoms with Crippen molar-refractivity contribution < 1.29 is 9.21 Å². The highest BCUT2D eigenvalue weighted by Crippen LogP contribution is 2.10. The molecule has 7 nitrogen and oxygen atoms in total. The molecule has 170 valence electrons. The number of anilines is 1. The van der Waals surface area contributed by atoms with Gasteiger partial charge in [-0.2, -0.15) is 0 Å². The molecule has 1 aliphatic heterocycles. The first-order chi connectivity index (χ1) is 14.7. The lowest BCUT2D eigenvalue weighted by Crippen LogP contribution is -2.40. The van der Waals surface area contributed by atoms with E-state index in [1.165, 1.54) is 5.69 Å². The Morgan fingerprint density at radius 3 is 2.55 bits per heavy atom. The van der Waals surface area contributed by atoms with Crippen LogP contribution >= 0.6 is 24.0 Å². The maximum atomic E-state index is 12.3. The molecule has 1 amide bonds. The van der Waals surface area contributed by atoms with Crippen molar-refractivity contribution in [1.82, 2.24) is 15.5 Å². The van der Waals surface area contributed by atoms with E-state index in [0.717, 1.165) is 57.6 Å². The van der Waals surface area contributed by atoms with Crippen molar-refractivity contribution in [3.8, 4) is 0 Å². The minimum Gasteiger partial charge on any atom is -0.469 e. The first-order valence-electron chi connectivity index (χ1n) is 10.8. The maximum Gasteiger partial charge on any atom is 0.244 e. The Labute approximate surface area is 202 Å². The Kier molecular flexibility index (Phi) is 11.3. The standard InChI is InChI=1S/C23H33N5O2.HI/c1-27(20-9-3-2-4-10-20)15-8-13-24-23(25-14-12-21-11-7-18-30-21)26-19-22(29)28-16-5-6-17-28;/h2-4,7,9-11,18H,5-6,8,12-17,19H2,1H3,(H2,24,25,26);1H. The van der Waals surface area contributed by atoms with E-state index in [-0.39, 0.29) is 36.4 Å². The molecular weight excluding hydrogens is 505 g/mol. The lowest BCUT2D eigenvalue weighted by Gasteiger charge is -2.20. The van der Waals surface area contributed by atoms with Gasteiger partial charge in [-0.1, -0.05) is 18.2 Å². The fourth-order valence-corrected chi connectivity index (χ4v) is 3.48. The van der Waals surface area contributed by atoms with Crippen molar-refractivity contribution in [3.63, 3.8) is 0 Å². The molecule has 0 radical (unpaired) electrons. The summed E-state index contributed by atoms with van der Waals surface area (Å²) in [6, 6.07) is 14.2. The molecule has 31 heavy (non-hydrogen) atoms. The molecule has 0 bridgehead atoms. The van der Waals surface area contributed by atoms with Crippen molar-refractivity contribution in [1.29, 1.82) is 0 Å². The van der Waals surface area contributed by atoms with E-state index in [1.54, 1.807) is 6.26 Å². The van der Waals surface area contributed by atoms with Gasteiger partial charge in [0.2, 0.25) is 5.91 Å². The van der Waals surface area contributed by atoms with E-state index < -0.39 is 0 Å². The molecule has 8 heteroatoms. The predicted octanol–water partition coefficient (Wildman–Crippen LogP) is 3.12. The number of benzene rings is 1. The number of likely N-dealkylation sites (tertiary alicyclic amines) is 1. The van der Waals surface area contributed by atoms with Crippen molar-refractivity contribution in [3.05, 3.63) is 54.5 Å². The topological polar surface area (TPSA) is 73.1 Å². The van der Waals surface area contributed by atoms with Gasteiger partial charge < -0.3 is 24.9 Å². The molecule has 1 aromatic heterocycles. The molecule has 1 fully saturated rings. The summed E-state index contributed by atoms with van der Waals surface area (Å²) >= 11 is 0. The molecule has 1 aromatic carbocycles. The largest absolute Gasteiger partial charge is 0.469 e. The van der Waals surface area contributed by atoms with Gasteiger partial charge in [0.25, 0.3) is 0 Å². The second-order valence-electron chi connectivity index (χ2n) is 7.55. The van der Waals surface area contributed by atoms with Crippen LogP contribution in [0.25, 0.3) is 0 Å². The highest BCUT2D eigenvalue weighted by molar-refractivity contribution is 14.0. The van der Waals surface area contributed by atoms with E-state index in [0.29, 0.717) is 12.5 Å². The Hall–Kier alpha value is -2.23. The third-order valence-corrected chi connectivity index (χ3v) is 5.23. The maximum absolute atomic E-state index is 12.3. The number of hydrogen-bond acceptors (Lipinski definition) is 4. The van der Waals surface area contributed by atoms with Crippen LogP contribution in [0.4, 0.5) is 5.69 Å². The number of guanidine groups is 1. The molecule has 0 unspecified atom stereocenters. The summed E-state index contributed by atoms with van der Waals surface area (Å²) in [5.74, 6) is 1.71. The van der Waals surface area contributed by atoms with Crippen molar-refractivity contribution >= 4 is 41.5 Å². The minimum atomic E-state index is 0. The van der Waals surface area contributed by atoms with Gasteiger partial charge in [0.1, 0.15) is 12.3 Å². The molecule has 2 N–H and O–H groups in total. The summed E-state index contributed by atoms with van der Waals surface area (Å²) in [5, 5.41) is 6.68. The van der Waals surface area contributed by atoms with Crippen LogP contribution < -0.4 is 15.5 Å². The molecule has 3 rings (SSSR count). The van der Waals surface area contributed by atoms with E-state index in [2.05, 4.69) is 51.8 Å². The van der Waals surface area contributed by atoms with Crippen LogP contribution in [-0.4, -0.2) is 63.1 Å². The smallest absolute Gasteiger partial charge is 0.244 e. The molecule has 1 aliphatic rings. The van der Waals surface area contributed by atoms with Crippen molar-refractivity contribution in [2.75, 3.05) is 51.2 Å². The Morgan fingerprint density at radius 1 is 1.10 bits per heavy atom. The summed E-state index contributed by atoms with van der Waals surface area (Å²) in [6.07, 6.45) is 5.60. The average molecular weight is 539 g/mol. The highest BCUT2D eigenvalue weighted by Gasteiger charge is 2.17. The number of rotatable bonds is 10. The van der Waals surface area contributed by atoms with Crippen LogP contribution in [0.15, 0.2) is 58.1 Å². The second-order valence-corrected chi connectivity index (χ2v) is 7.55. The van der Waals surface area contributed by atoms with Crippen LogP contribution in [-0.2, 0) is 11.2 Å². The first-order valence-corrected chi connectivity index (χ1v) is 10.8. The van der Waals surface area contributed by atoms with Gasteiger partial charge in [-0.25, -0.2) is 4.99 Å².